The minimum Gasteiger partial charge on any atom is -0.325 e. The zero-order chi connectivity index (χ0) is 14.5. The summed E-state index contributed by atoms with van der Waals surface area (Å²) in [6.45, 7) is 1.89. The second-order valence-electron chi connectivity index (χ2n) is 3.96. The Morgan fingerprint density at radius 3 is 2.80 bits per heavy atom. The summed E-state index contributed by atoms with van der Waals surface area (Å²) < 4.78 is 0. The lowest BCUT2D eigenvalue weighted by Crippen LogP contribution is -2.25. The molecule has 1 aromatic heterocycles. The molecule has 1 aromatic carbocycles. The van der Waals surface area contributed by atoms with Gasteiger partial charge < -0.3 is 5.32 Å². The molecule has 0 saturated heterocycles. The fraction of sp³-hybridized carbons (Fsp3) is 0.167. The van der Waals surface area contributed by atoms with Crippen molar-refractivity contribution in [2.75, 3.05) is 11.1 Å². The molecule has 2 aromatic rings. The minimum absolute atomic E-state index is 0.0243. The Morgan fingerprint density at radius 1 is 1.35 bits per heavy atom. The quantitative estimate of drug-likeness (QED) is 0.711. The number of aryl methyl sites for hydroxylation is 1. The number of thioether (sulfide) groups is 1. The molecule has 0 aliphatic carbocycles. The molecule has 0 unspecified atom stereocenters. The van der Waals surface area contributed by atoms with Crippen LogP contribution in [0, 0.1) is 6.92 Å². The van der Waals surface area contributed by atoms with Crippen LogP contribution in [0.25, 0.3) is 0 Å². The summed E-state index contributed by atoms with van der Waals surface area (Å²) in [4.78, 5) is 36.0. The Hall–Kier alpha value is -2.35. The standard InChI is InChI=1S/C12H12N4O3S/c1-7-4-2-3-5-8(7)13-9(17)6-20-11-10(18)14-12(19)16-15-11/h2-5H,6H2,1H3,(H,13,17)(H2,14,16,18,19). The molecule has 20 heavy (non-hydrogen) atoms. The second kappa shape index (κ2) is 6.20. The van der Waals surface area contributed by atoms with Crippen molar-refractivity contribution in [3.05, 3.63) is 50.7 Å². The number of hydrogen-bond donors (Lipinski definition) is 3. The molecule has 0 aliphatic rings. The number of nitrogens with zero attached hydrogens (tertiary/aromatic N) is 1. The van der Waals surface area contributed by atoms with E-state index >= 15 is 0 Å². The third-order valence-corrected chi connectivity index (χ3v) is 3.40. The van der Waals surface area contributed by atoms with Gasteiger partial charge in [0.2, 0.25) is 5.91 Å². The van der Waals surface area contributed by atoms with Gasteiger partial charge in [-0.15, -0.1) is 0 Å². The van der Waals surface area contributed by atoms with E-state index in [9.17, 15) is 14.4 Å². The van der Waals surface area contributed by atoms with Crippen LogP contribution in [-0.4, -0.2) is 26.8 Å². The van der Waals surface area contributed by atoms with Crippen molar-refractivity contribution in [3.8, 4) is 0 Å². The average Bonchev–Trinajstić information content (AvgIpc) is 2.40. The molecule has 1 amide bonds. The highest BCUT2D eigenvalue weighted by Crippen LogP contribution is 2.14. The number of amides is 1. The highest BCUT2D eigenvalue weighted by Gasteiger charge is 2.08. The van der Waals surface area contributed by atoms with Crippen LogP contribution in [0.15, 0.2) is 38.9 Å². The van der Waals surface area contributed by atoms with E-state index in [0.717, 1.165) is 23.0 Å². The lowest BCUT2D eigenvalue weighted by atomic mass is 10.2. The summed E-state index contributed by atoms with van der Waals surface area (Å²) in [6, 6.07) is 7.38. The predicted molar refractivity (Wildman–Crippen MR) is 76.0 cm³/mol. The maximum absolute atomic E-state index is 11.8. The van der Waals surface area contributed by atoms with Crippen LogP contribution in [0.4, 0.5) is 5.69 Å². The van der Waals surface area contributed by atoms with Gasteiger partial charge in [0.25, 0.3) is 5.56 Å². The number of hydrogen-bond acceptors (Lipinski definition) is 5. The molecule has 2 rings (SSSR count). The smallest absolute Gasteiger partial charge is 0.325 e. The van der Waals surface area contributed by atoms with Gasteiger partial charge in [0.15, 0.2) is 5.03 Å². The molecule has 0 atom stereocenters. The van der Waals surface area contributed by atoms with Crippen molar-refractivity contribution >= 4 is 23.4 Å². The lowest BCUT2D eigenvalue weighted by molar-refractivity contribution is -0.113. The molecule has 0 saturated carbocycles. The number of rotatable bonds is 4. The van der Waals surface area contributed by atoms with Crippen LogP contribution in [-0.2, 0) is 4.79 Å². The molecule has 8 heteroatoms. The fourth-order valence-corrected chi connectivity index (χ4v) is 2.10. The number of H-pyrrole nitrogens is 2. The molecule has 0 bridgehead atoms. The molecule has 3 N–H and O–H groups in total. The van der Waals surface area contributed by atoms with E-state index < -0.39 is 11.2 Å². The number of nitrogens with one attached hydrogen (secondary N) is 3. The Balaban J connectivity index is 1.97. The SMILES string of the molecule is Cc1ccccc1NC(=O)CSc1n[nH]c(=O)[nH]c1=O. The van der Waals surface area contributed by atoms with E-state index in [1.807, 2.05) is 30.1 Å². The van der Waals surface area contributed by atoms with Gasteiger partial charge in [-0.2, -0.15) is 5.10 Å². The number of aromatic nitrogens is 3. The van der Waals surface area contributed by atoms with Crippen molar-refractivity contribution in [1.29, 1.82) is 0 Å². The lowest BCUT2D eigenvalue weighted by Gasteiger charge is -2.07. The van der Waals surface area contributed by atoms with E-state index in [2.05, 4.69) is 15.5 Å². The minimum atomic E-state index is -0.677. The van der Waals surface area contributed by atoms with E-state index in [1.54, 1.807) is 6.07 Å². The largest absolute Gasteiger partial charge is 0.342 e. The second-order valence-corrected chi connectivity index (χ2v) is 4.93. The highest BCUT2D eigenvalue weighted by molar-refractivity contribution is 7.99. The monoisotopic (exact) mass is 292 g/mol. The van der Waals surface area contributed by atoms with E-state index in [0.29, 0.717) is 0 Å². The number of benzene rings is 1. The molecule has 0 spiro atoms. The first-order chi connectivity index (χ1) is 9.56. The summed E-state index contributed by atoms with van der Waals surface area (Å²) in [7, 11) is 0. The van der Waals surface area contributed by atoms with Crippen LogP contribution in [0.1, 0.15) is 5.56 Å². The van der Waals surface area contributed by atoms with Gasteiger partial charge in [-0.25, -0.2) is 9.89 Å². The van der Waals surface area contributed by atoms with Crippen molar-refractivity contribution in [3.63, 3.8) is 0 Å². The Kier molecular flexibility index (Phi) is 4.36. The maximum Gasteiger partial charge on any atom is 0.342 e. The van der Waals surface area contributed by atoms with E-state index in [4.69, 9.17) is 0 Å². The first-order valence-corrected chi connectivity index (χ1v) is 6.72. The molecular formula is C12H12N4O3S. The average molecular weight is 292 g/mol. The third kappa shape index (κ3) is 3.58. The molecular weight excluding hydrogens is 280 g/mol. The van der Waals surface area contributed by atoms with Crippen LogP contribution >= 0.6 is 11.8 Å². The normalized spacial score (nSPS) is 10.2. The third-order valence-electron chi connectivity index (χ3n) is 2.44. The number of carbonyl (C=O) groups excluding carboxylic acids is 1. The molecule has 1 heterocycles. The summed E-state index contributed by atoms with van der Waals surface area (Å²) >= 11 is 0.952. The maximum atomic E-state index is 11.8. The molecule has 0 aliphatic heterocycles. The number of para-hydroxylation sites is 1. The summed E-state index contributed by atoms with van der Waals surface area (Å²) in [5.41, 5.74) is 0.387. The first kappa shape index (κ1) is 14.1. The number of aromatic amines is 2. The first-order valence-electron chi connectivity index (χ1n) is 5.73. The zero-order valence-corrected chi connectivity index (χ0v) is 11.4. The summed E-state index contributed by atoms with van der Waals surface area (Å²) in [5.74, 6) is -0.229. The molecule has 104 valence electrons. The van der Waals surface area contributed by atoms with Crippen molar-refractivity contribution < 1.29 is 4.79 Å². The number of carbonyl (C=O) groups is 1. The van der Waals surface area contributed by atoms with Gasteiger partial charge in [0.05, 0.1) is 5.75 Å². The van der Waals surface area contributed by atoms with Crippen molar-refractivity contribution in [1.82, 2.24) is 15.2 Å². The van der Waals surface area contributed by atoms with Crippen molar-refractivity contribution in [2.45, 2.75) is 11.9 Å². The highest BCUT2D eigenvalue weighted by atomic mass is 32.2. The van der Waals surface area contributed by atoms with Gasteiger partial charge in [0.1, 0.15) is 0 Å². The summed E-state index contributed by atoms with van der Waals surface area (Å²) in [5, 5.41) is 8.47. The Labute approximate surface area is 117 Å². The van der Waals surface area contributed by atoms with Crippen molar-refractivity contribution in [2.24, 2.45) is 0 Å². The van der Waals surface area contributed by atoms with Crippen LogP contribution < -0.4 is 16.6 Å². The Morgan fingerprint density at radius 2 is 2.10 bits per heavy atom. The van der Waals surface area contributed by atoms with Crippen LogP contribution in [0.3, 0.4) is 0 Å². The van der Waals surface area contributed by atoms with Gasteiger partial charge in [-0.05, 0) is 18.6 Å². The van der Waals surface area contributed by atoms with Crippen LogP contribution in [0.2, 0.25) is 0 Å². The van der Waals surface area contributed by atoms with Crippen LogP contribution in [0.5, 0.6) is 0 Å². The predicted octanol–water partition coefficient (Wildman–Crippen LogP) is 0.497. The van der Waals surface area contributed by atoms with E-state index in [1.165, 1.54) is 0 Å². The topological polar surface area (TPSA) is 108 Å². The van der Waals surface area contributed by atoms with Gasteiger partial charge in [0, 0.05) is 5.69 Å². The summed E-state index contributed by atoms with van der Waals surface area (Å²) in [6.07, 6.45) is 0. The van der Waals surface area contributed by atoms with E-state index in [-0.39, 0.29) is 16.7 Å². The van der Waals surface area contributed by atoms with Gasteiger partial charge >= 0.3 is 5.69 Å². The zero-order valence-electron chi connectivity index (χ0n) is 10.6. The number of anilines is 1. The van der Waals surface area contributed by atoms with Gasteiger partial charge in [-0.1, -0.05) is 30.0 Å². The molecule has 0 fully saturated rings. The Bertz CT molecular complexity index is 738. The van der Waals surface area contributed by atoms with Gasteiger partial charge in [-0.3, -0.25) is 14.6 Å². The molecule has 7 nitrogen and oxygen atoms in total. The fourth-order valence-electron chi connectivity index (χ4n) is 1.47. The molecule has 0 radical (unpaired) electrons.